The second-order valence-electron chi connectivity index (χ2n) is 5.35. The molecule has 1 amide bonds. The number of hydrogen-bond acceptors (Lipinski definition) is 5. The summed E-state index contributed by atoms with van der Waals surface area (Å²) in [6, 6.07) is 7.76. The van der Waals surface area contributed by atoms with Gasteiger partial charge in [-0.25, -0.2) is 0 Å². The van der Waals surface area contributed by atoms with Gasteiger partial charge >= 0.3 is 0 Å². The zero-order valence-electron chi connectivity index (χ0n) is 13.7. The fourth-order valence-electron chi connectivity index (χ4n) is 2.16. The minimum Gasteiger partial charge on any atom is -0.497 e. The van der Waals surface area contributed by atoms with Crippen LogP contribution >= 0.6 is 11.3 Å². The van der Waals surface area contributed by atoms with Crippen molar-refractivity contribution in [3.63, 3.8) is 0 Å². The number of hydrogen-bond donors (Lipinski definition) is 1. The van der Waals surface area contributed by atoms with E-state index in [0.29, 0.717) is 18.0 Å². The van der Waals surface area contributed by atoms with Crippen molar-refractivity contribution in [2.24, 2.45) is 0 Å². The largest absolute Gasteiger partial charge is 0.497 e. The minimum atomic E-state index is -0.0305. The Kier molecular flexibility index (Phi) is 7.00. The summed E-state index contributed by atoms with van der Waals surface area (Å²) in [5.74, 6) is 0.791. The molecule has 2 rings (SSSR count). The molecule has 0 saturated carbocycles. The molecule has 0 aliphatic carbocycles. The lowest BCUT2D eigenvalue weighted by atomic mass is 10.1. The van der Waals surface area contributed by atoms with Crippen LogP contribution in [0, 0.1) is 0 Å². The van der Waals surface area contributed by atoms with Crippen LogP contribution in [-0.4, -0.2) is 23.2 Å². The van der Waals surface area contributed by atoms with Crippen LogP contribution in [0.5, 0.6) is 5.75 Å². The zero-order chi connectivity index (χ0) is 16.5. The van der Waals surface area contributed by atoms with E-state index in [9.17, 15) is 4.79 Å². The van der Waals surface area contributed by atoms with Crippen LogP contribution in [0.3, 0.4) is 0 Å². The third-order valence-electron chi connectivity index (χ3n) is 3.51. The van der Waals surface area contributed by atoms with Crippen LogP contribution in [0.1, 0.15) is 43.2 Å². The fourth-order valence-corrected chi connectivity index (χ4v) is 2.96. The molecule has 1 aromatic heterocycles. The first-order valence-corrected chi connectivity index (χ1v) is 8.78. The van der Waals surface area contributed by atoms with Gasteiger partial charge in [0.25, 0.3) is 0 Å². The van der Waals surface area contributed by atoms with Crippen LogP contribution in [-0.2, 0) is 17.6 Å². The molecule has 5 nitrogen and oxygen atoms in total. The number of carbonyl (C=O) groups excluding carboxylic acids is 1. The van der Waals surface area contributed by atoms with Crippen molar-refractivity contribution in [3.05, 3.63) is 34.8 Å². The van der Waals surface area contributed by atoms with Crippen molar-refractivity contribution < 1.29 is 9.53 Å². The number of nitrogens with zero attached hydrogens (tertiary/aromatic N) is 2. The maximum absolute atomic E-state index is 12.0. The van der Waals surface area contributed by atoms with Crippen LogP contribution in [0.4, 0.5) is 5.13 Å². The smallest absolute Gasteiger partial charge is 0.226 e. The lowest BCUT2D eigenvalue weighted by Crippen LogP contribution is -2.12. The first-order valence-electron chi connectivity index (χ1n) is 7.96. The van der Waals surface area contributed by atoms with E-state index in [1.54, 1.807) is 7.11 Å². The van der Waals surface area contributed by atoms with Gasteiger partial charge in [-0.2, -0.15) is 0 Å². The van der Waals surface area contributed by atoms with E-state index >= 15 is 0 Å². The van der Waals surface area contributed by atoms with Gasteiger partial charge in [-0.3, -0.25) is 4.79 Å². The van der Waals surface area contributed by atoms with E-state index in [2.05, 4.69) is 22.4 Å². The number of nitrogens with one attached hydrogen (secondary N) is 1. The van der Waals surface area contributed by atoms with Gasteiger partial charge in [-0.15, -0.1) is 10.2 Å². The number of aromatic nitrogens is 2. The molecule has 0 aliphatic rings. The van der Waals surface area contributed by atoms with Crippen molar-refractivity contribution in [3.8, 4) is 5.75 Å². The Labute approximate surface area is 141 Å². The lowest BCUT2D eigenvalue weighted by Gasteiger charge is -2.03. The molecule has 124 valence electrons. The second kappa shape index (κ2) is 9.25. The number of methoxy groups -OCH3 is 1. The Morgan fingerprint density at radius 2 is 1.96 bits per heavy atom. The molecular weight excluding hydrogens is 310 g/mol. The highest BCUT2D eigenvalue weighted by atomic mass is 32.1. The molecule has 2 aromatic rings. The van der Waals surface area contributed by atoms with E-state index in [-0.39, 0.29) is 5.91 Å². The average Bonchev–Trinajstić information content (AvgIpc) is 3.01. The standard InChI is InChI=1S/C17H23N3O2S/c1-3-4-5-6-16-19-20-17(23-16)18-15(21)12-9-13-7-10-14(22-2)11-8-13/h7-8,10-11H,3-6,9,12H2,1-2H3,(H,18,20,21). The van der Waals surface area contributed by atoms with E-state index in [4.69, 9.17) is 4.74 Å². The first-order chi connectivity index (χ1) is 11.2. The molecule has 0 aliphatic heterocycles. The monoisotopic (exact) mass is 333 g/mol. The van der Waals surface area contributed by atoms with Gasteiger partial charge in [0.05, 0.1) is 7.11 Å². The van der Waals surface area contributed by atoms with Crippen molar-refractivity contribution in [2.75, 3.05) is 12.4 Å². The Bertz CT molecular complexity index is 611. The van der Waals surface area contributed by atoms with E-state index in [1.807, 2.05) is 24.3 Å². The number of rotatable bonds is 9. The number of unbranched alkanes of at least 4 members (excludes halogenated alkanes) is 2. The number of amides is 1. The van der Waals surface area contributed by atoms with E-state index in [1.165, 1.54) is 24.2 Å². The molecule has 1 heterocycles. The summed E-state index contributed by atoms with van der Waals surface area (Å²) in [5, 5.41) is 12.6. The number of carbonyl (C=O) groups is 1. The average molecular weight is 333 g/mol. The van der Waals surface area contributed by atoms with Crippen molar-refractivity contribution >= 4 is 22.4 Å². The van der Waals surface area contributed by atoms with Crippen LogP contribution in [0.15, 0.2) is 24.3 Å². The summed E-state index contributed by atoms with van der Waals surface area (Å²) in [7, 11) is 1.64. The SMILES string of the molecule is CCCCCc1nnc(NC(=O)CCc2ccc(OC)cc2)s1. The predicted molar refractivity (Wildman–Crippen MR) is 93.1 cm³/mol. The van der Waals surface area contributed by atoms with E-state index < -0.39 is 0 Å². The van der Waals surface area contributed by atoms with Gasteiger partial charge < -0.3 is 10.1 Å². The van der Waals surface area contributed by atoms with Crippen LogP contribution in [0.25, 0.3) is 0 Å². The van der Waals surface area contributed by atoms with Gasteiger partial charge in [0.1, 0.15) is 10.8 Å². The Balaban J connectivity index is 1.75. The van der Waals surface area contributed by atoms with Gasteiger partial charge in [0.2, 0.25) is 11.0 Å². The molecule has 0 spiro atoms. The summed E-state index contributed by atoms with van der Waals surface area (Å²) >= 11 is 1.47. The summed E-state index contributed by atoms with van der Waals surface area (Å²) in [6.45, 7) is 2.18. The number of aryl methyl sites for hydroxylation is 2. The summed E-state index contributed by atoms with van der Waals surface area (Å²) in [4.78, 5) is 12.0. The minimum absolute atomic E-state index is 0.0305. The number of benzene rings is 1. The highest BCUT2D eigenvalue weighted by Crippen LogP contribution is 2.18. The molecule has 0 saturated heterocycles. The second-order valence-corrected chi connectivity index (χ2v) is 6.42. The third-order valence-corrected chi connectivity index (χ3v) is 4.41. The van der Waals surface area contributed by atoms with Crippen LogP contribution in [0.2, 0.25) is 0 Å². The number of ether oxygens (including phenoxy) is 1. The highest BCUT2D eigenvalue weighted by Gasteiger charge is 2.08. The summed E-state index contributed by atoms with van der Waals surface area (Å²) < 4.78 is 5.12. The molecule has 1 N–H and O–H groups in total. The Hall–Kier alpha value is -1.95. The number of anilines is 1. The normalized spacial score (nSPS) is 10.5. The Morgan fingerprint density at radius 1 is 1.17 bits per heavy atom. The lowest BCUT2D eigenvalue weighted by molar-refractivity contribution is -0.116. The van der Waals surface area contributed by atoms with Gasteiger partial charge in [0.15, 0.2) is 0 Å². The van der Waals surface area contributed by atoms with Crippen molar-refractivity contribution in [1.82, 2.24) is 10.2 Å². The predicted octanol–water partition coefficient (Wildman–Crippen LogP) is 3.85. The molecule has 23 heavy (non-hydrogen) atoms. The molecule has 0 unspecified atom stereocenters. The Morgan fingerprint density at radius 3 is 2.65 bits per heavy atom. The maximum Gasteiger partial charge on any atom is 0.226 e. The fraction of sp³-hybridized carbons (Fsp3) is 0.471. The van der Waals surface area contributed by atoms with Gasteiger partial charge in [-0.05, 0) is 30.5 Å². The van der Waals surface area contributed by atoms with Crippen molar-refractivity contribution in [2.45, 2.75) is 45.4 Å². The zero-order valence-corrected chi connectivity index (χ0v) is 14.5. The topological polar surface area (TPSA) is 64.1 Å². The van der Waals surface area contributed by atoms with E-state index in [0.717, 1.165) is 29.2 Å². The van der Waals surface area contributed by atoms with Crippen molar-refractivity contribution in [1.29, 1.82) is 0 Å². The molecule has 6 heteroatoms. The maximum atomic E-state index is 12.0. The molecule has 0 atom stereocenters. The third kappa shape index (κ3) is 5.98. The molecular formula is C17H23N3O2S. The molecule has 1 aromatic carbocycles. The summed E-state index contributed by atoms with van der Waals surface area (Å²) in [6.07, 6.45) is 5.57. The molecule has 0 bridgehead atoms. The van der Waals surface area contributed by atoms with Crippen LogP contribution < -0.4 is 10.1 Å². The summed E-state index contributed by atoms with van der Waals surface area (Å²) in [5.41, 5.74) is 1.11. The van der Waals surface area contributed by atoms with Gasteiger partial charge in [0, 0.05) is 12.8 Å². The first kappa shape index (κ1) is 17.4. The quantitative estimate of drug-likeness (QED) is 0.708. The van der Waals surface area contributed by atoms with Gasteiger partial charge in [-0.1, -0.05) is 43.2 Å². The highest BCUT2D eigenvalue weighted by molar-refractivity contribution is 7.15. The molecule has 0 radical (unpaired) electrons. The molecule has 0 fully saturated rings.